The molecule has 0 unspecified atom stereocenters. The first-order valence-electron chi connectivity index (χ1n) is 11.3. The van der Waals surface area contributed by atoms with E-state index >= 15 is 0 Å². The fraction of sp³-hybridized carbons (Fsp3) is 0.0667. The van der Waals surface area contributed by atoms with E-state index in [2.05, 4.69) is 23.2 Å². The minimum Gasteiger partial charge on any atom is -0.345 e. The number of pyridine rings is 2. The maximum Gasteiger partial charge on any atom is 2.00 e. The van der Waals surface area contributed by atoms with Gasteiger partial charge in [0.2, 0.25) is 0 Å². The standard InChI is InChI=1S/C30H22N2O2S.Pt/c33-35(34,27-13-2-1-3-14-27)28-15-7-11-25(22-28)30-17-8-16-29(32-30)24-10-6-9-23(21-24)18-19-26-12-4-5-20-31-26;/h1-10,12-17,20,22H,18-19H2;/q-2;+2. The van der Waals surface area contributed by atoms with Crippen LogP contribution in [-0.4, -0.2) is 18.4 Å². The van der Waals surface area contributed by atoms with Crippen molar-refractivity contribution in [1.82, 2.24) is 9.97 Å². The van der Waals surface area contributed by atoms with Crippen LogP contribution in [0.1, 0.15) is 11.3 Å². The monoisotopic (exact) mass is 669 g/mol. The molecule has 0 bridgehead atoms. The predicted molar refractivity (Wildman–Crippen MR) is 136 cm³/mol. The Morgan fingerprint density at radius 2 is 1.44 bits per heavy atom. The van der Waals surface area contributed by atoms with Crippen LogP contribution in [0.4, 0.5) is 0 Å². The topological polar surface area (TPSA) is 59.9 Å². The van der Waals surface area contributed by atoms with Gasteiger partial charge in [-0.1, -0.05) is 42.5 Å². The second kappa shape index (κ2) is 11.6. The molecule has 0 saturated carbocycles. The summed E-state index contributed by atoms with van der Waals surface area (Å²) in [4.78, 5) is 9.67. The Morgan fingerprint density at radius 3 is 2.22 bits per heavy atom. The van der Waals surface area contributed by atoms with Gasteiger partial charge in [-0.05, 0) is 53.4 Å². The van der Waals surface area contributed by atoms with Crippen LogP contribution >= 0.6 is 0 Å². The Labute approximate surface area is 226 Å². The average Bonchev–Trinajstić information content (AvgIpc) is 2.93. The third-order valence-electron chi connectivity index (χ3n) is 5.67. The summed E-state index contributed by atoms with van der Waals surface area (Å²) in [6.45, 7) is 0. The van der Waals surface area contributed by atoms with E-state index < -0.39 is 9.84 Å². The van der Waals surface area contributed by atoms with Crippen molar-refractivity contribution in [2.75, 3.05) is 0 Å². The largest absolute Gasteiger partial charge is 2.00 e. The number of nitrogens with zero attached hydrogens (tertiary/aromatic N) is 2. The number of aromatic nitrogens is 2. The van der Waals surface area contributed by atoms with E-state index in [1.54, 1.807) is 48.5 Å². The molecule has 0 aliphatic heterocycles. The SMILES string of the molecule is O=S(=O)(c1ccccc1)c1cc[c-]c(-c2cccc(-c3[c-]c(CCc4ccccn4)ccc3)n2)c1.[Pt+2]. The van der Waals surface area contributed by atoms with E-state index in [1.807, 2.05) is 54.7 Å². The summed E-state index contributed by atoms with van der Waals surface area (Å²) >= 11 is 0. The van der Waals surface area contributed by atoms with E-state index in [0.29, 0.717) is 11.3 Å². The van der Waals surface area contributed by atoms with Crippen LogP contribution in [0.2, 0.25) is 0 Å². The zero-order valence-electron chi connectivity index (χ0n) is 19.2. The molecule has 5 rings (SSSR count). The summed E-state index contributed by atoms with van der Waals surface area (Å²) in [5.41, 5.74) is 5.07. The van der Waals surface area contributed by atoms with Gasteiger partial charge >= 0.3 is 21.1 Å². The molecule has 4 nitrogen and oxygen atoms in total. The van der Waals surface area contributed by atoms with Crippen molar-refractivity contribution >= 4 is 9.84 Å². The van der Waals surface area contributed by atoms with Gasteiger partial charge in [-0.25, -0.2) is 8.42 Å². The Hall–Kier alpha value is -3.40. The number of sulfone groups is 1. The maximum absolute atomic E-state index is 13.1. The summed E-state index contributed by atoms with van der Waals surface area (Å²) in [7, 11) is -3.63. The van der Waals surface area contributed by atoms with Crippen molar-refractivity contribution in [2.24, 2.45) is 0 Å². The van der Waals surface area contributed by atoms with Crippen LogP contribution in [0.25, 0.3) is 22.5 Å². The van der Waals surface area contributed by atoms with Crippen molar-refractivity contribution in [3.05, 3.63) is 133 Å². The number of hydrogen-bond acceptors (Lipinski definition) is 4. The van der Waals surface area contributed by atoms with Crippen LogP contribution in [-0.2, 0) is 43.7 Å². The first kappa shape index (κ1) is 25.7. The van der Waals surface area contributed by atoms with Crippen molar-refractivity contribution in [3.63, 3.8) is 0 Å². The summed E-state index contributed by atoms with van der Waals surface area (Å²) < 4.78 is 26.1. The first-order chi connectivity index (χ1) is 17.1. The molecule has 5 aromatic rings. The second-order valence-electron chi connectivity index (χ2n) is 8.07. The molecule has 2 aromatic heterocycles. The van der Waals surface area contributed by atoms with E-state index in [-0.39, 0.29) is 30.9 Å². The van der Waals surface area contributed by atoms with Gasteiger partial charge < -0.3 is 4.98 Å². The minimum atomic E-state index is -3.63. The molecule has 180 valence electrons. The molecule has 0 aliphatic rings. The van der Waals surface area contributed by atoms with Gasteiger partial charge in [0, 0.05) is 11.9 Å². The van der Waals surface area contributed by atoms with Crippen LogP contribution in [0.5, 0.6) is 0 Å². The zero-order valence-corrected chi connectivity index (χ0v) is 22.3. The fourth-order valence-electron chi connectivity index (χ4n) is 3.85. The van der Waals surface area contributed by atoms with Crippen molar-refractivity contribution < 1.29 is 29.5 Å². The summed E-state index contributed by atoms with van der Waals surface area (Å²) in [6, 6.07) is 37.5. The third-order valence-corrected chi connectivity index (χ3v) is 7.44. The summed E-state index contributed by atoms with van der Waals surface area (Å²) in [6.07, 6.45) is 3.48. The number of benzene rings is 3. The minimum absolute atomic E-state index is 0. The predicted octanol–water partition coefficient (Wildman–Crippen LogP) is 6.03. The van der Waals surface area contributed by atoms with Crippen LogP contribution in [0.15, 0.2) is 119 Å². The molecule has 3 aromatic carbocycles. The number of rotatable bonds is 7. The third kappa shape index (κ3) is 5.87. The maximum atomic E-state index is 13.1. The van der Waals surface area contributed by atoms with Crippen molar-refractivity contribution in [2.45, 2.75) is 22.6 Å². The molecule has 36 heavy (non-hydrogen) atoms. The Balaban J connectivity index is 0.00000304. The van der Waals surface area contributed by atoms with Gasteiger partial charge in [0.05, 0.1) is 4.90 Å². The quantitative estimate of drug-likeness (QED) is 0.199. The molecule has 0 amide bonds. The fourth-order valence-corrected chi connectivity index (χ4v) is 5.16. The van der Waals surface area contributed by atoms with Crippen LogP contribution < -0.4 is 0 Å². The Morgan fingerprint density at radius 1 is 0.694 bits per heavy atom. The molecule has 0 saturated heterocycles. The molecule has 0 atom stereocenters. The van der Waals surface area contributed by atoms with Crippen LogP contribution in [0.3, 0.4) is 0 Å². The molecule has 0 N–H and O–H groups in total. The Bertz CT molecular complexity index is 1560. The van der Waals surface area contributed by atoms with Gasteiger partial charge in [-0.15, -0.1) is 65.2 Å². The molecule has 0 radical (unpaired) electrons. The smallest absolute Gasteiger partial charge is 0.345 e. The molecule has 0 spiro atoms. The second-order valence-corrected chi connectivity index (χ2v) is 10.0. The van der Waals surface area contributed by atoms with E-state index in [4.69, 9.17) is 4.98 Å². The molecular formula is C30H22N2O2PtS. The van der Waals surface area contributed by atoms with Gasteiger partial charge in [0.1, 0.15) is 0 Å². The van der Waals surface area contributed by atoms with Gasteiger partial charge in [-0.2, -0.15) is 0 Å². The van der Waals surface area contributed by atoms with E-state index in [0.717, 1.165) is 35.4 Å². The van der Waals surface area contributed by atoms with E-state index in [9.17, 15) is 8.42 Å². The molecule has 2 heterocycles. The van der Waals surface area contributed by atoms with Gasteiger partial charge in [0.25, 0.3) is 0 Å². The summed E-state index contributed by atoms with van der Waals surface area (Å²) in [5.74, 6) is 0. The molecule has 6 heteroatoms. The van der Waals surface area contributed by atoms with E-state index in [1.165, 1.54) is 0 Å². The van der Waals surface area contributed by atoms with Crippen LogP contribution in [0, 0.1) is 12.1 Å². The Kier molecular flexibility index (Phi) is 8.24. The number of hydrogen-bond donors (Lipinski definition) is 0. The normalized spacial score (nSPS) is 11.0. The average molecular weight is 670 g/mol. The van der Waals surface area contributed by atoms with Crippen molar-refractivity contribution in [1.29, 1.82) is 0 Å². The molecule has 0 fully saturated rings. The molecular weight excluding hydrogens is 647 g/mol. The van der Waals surface area contributed by atoms with Crippen molar-refractivity contribution in [3.8, 4) is 22.5 Å². The first-order valence-corrected chi connectivity index (χ1v) is 12.8. The summed E-state index contributed by atoms with van der Waals surface area (Å²) in [5, 5.41) is 0. The van der Waals surface area contributed by atoms with Gasteiger partial charge in [0.15, 0.2) is 9.84 Å². The molecule has 0 aliphatic carbocycles. The van der Waals surface area contributed by atoms with Gasteiger partial charge in [-0.3, -0.25) is 4.98 Å². The number of aryl methyl sites for hydroxylation is 2. The zero-order chi connectivity index (χ0) is 24.1.